The number of piperazine rings is 1. The highest BCUT2D eigenvalue weighted by Gasteiger charge is 2.26. The van der Waals surface area contributed by atoms with Crippen molar-refractivity contribution < 1.29 is 4.92 Å². The Morgan fingerprint density at radius 1 is 1.53 bits per heavy atom. The van der Waals surface area contributed by atoms with Crippen LogP contribution in [0.15, 0.2) is 18.2 Å². The van der Waals surface area contributed by atoms with Crippen molar-refractivity contribution in [3.05, 3.63) is 31.9 Å². The number of nitro groups is 1. The van der Waals surface area contributed by atoms with Crippen LogP contribution in [0, 0.1) is 13.7 Å². The maximum atomic E-state index is 10.8. The molecule has 0 amide bonds. The molecule has 0 bridgehead atoms. The number of nitro benzene ring substituents is 1. The highest BCUT2D eigenvalue weighted by molar-refractivity contribution is 14.1. The van der Waals surface area contributed by atoms with Gasteiger partial charge in [0.1, 0.15) is 0 Å². The van der Waals surface area contributed by atoms with Crippen LogP contribution in [0.25, 0.3) is 0 Å². The number of nitrogens with two attached hydrogens (primary N) is 1. The Hall–Kier alpha value is -0.930. The smallest absolute Gasteiger partial charge is 0.270 e. The zero-order chi connectivity index (χ0) is 14.0. The number of likely N-dealkylation sites (N-methyl/N-ethyl adjacent to an activating group) is 1. The van der Waals surface area contributed by atoms with E-state index in [9.17, 15) is 10.1 Å². The fraction of sp³-hybridized carbons (Fsp3) is 0.500. The Kier molecular flexibility index (Phi) is 4.58. The molecule has 2 rings (SSSR count). The van der Waals surface area contributed by atoms with E-state index >= 15 is 0 Å². The first-order valence-corrected chi connectivity index (χ1v) is 7.20. The normalized spacial score (nSPS) is 20.6. The number of benzene rings is 1. The molecule has 0 aliphatic carbocycles. The molecule has 1 aromatic rings. The van der Waals surface area contributed by atoms with E-state index in [2.05, 4.69) is 39.4 Å². The van der Waals surface area contributed by atoms with Crippen LogP contribution in [0.1, 0.15) is 0 Å². The second kappa shape index (κ2) is 6.02. The largest absolute Gasteiger partial charge is 0.364 e. The summed E-state index contributed by atoms with van der Waals surface area (Å²) in [4.78, 5) is 14.9. The molecule has 104 valence electrons. The molecule has 0 spiro atoms. The molecule has 1 aliphatic heterocycles. The number of non-ortho nitro benzene ring substituents is 1. The van der Waals surface area contributed by atoms with E-state index in [4.69, 9.17) is 5.73 Å². The second-order valence-corrected chi connectivity index (χ2v) is 5.90. The predicted octanol–water partition coefficient (Wildman–Crippen LogP) is 1.28. The summed E-state index contributed by atoms with van der Waals surface area (Å²) in [5, 5.41) is 10.8. The Morgan fingerprint density at radius 3 is 2.84 bits per heavy atom. The highest BCUT2D eigenvalue weighted by Crippen LogP contribution is 2.29. The van der Waals surface area contributed by atoms with Crippen LogP contribution in [0.5, 0.6) is 0 Å². The molecule has 2 N–H and O–H groups in total. The molecule has 1 unspecified atom stereocenters. The van der Waals surface area contributed by atoms with Gasteiger partial charge in [-0.2, -0.15) is 0 Å². The molecule has 1 aliphatic rings. The molecule has 0 radical (unpaired) electrons. The zero-order valence-electron chi connectivity index (χ0n) is 10.8. The van der Waals surface area contributed by atoms with E-state index < -0.39 is 0 Å². The summed E-state index contributed by atoms with van der Waals surface area (Å²) >= 11 is 2.15. The molecule has 1 fully saturated rings. The van der Waals surface area contributed by atoms with Crippen LogP contribution in [-0.4, -0.2) is 49.1 Å². The van der Waals surface area contributed by atoms with E-state index in [1.165, 1.54) is 0 Å². The van der Waals surface area contributed by atoms with Crippen LogP contribution in [0.2, 0.25) is 0 Å². The molecular weight excluding hydrogens is 359 g/mol. The summed E-state index contributed by atoms with van der Waals surface area (Å²) < 4.78 is 0.898. The van der Waals surface area contributed by atoms with Gasteiger partial charge in [0.15, 0.2) is 0 Å². The lowest BCUT2D eigenvalue weighted by atomic mass is 10.1. The SMILES string of the molecule is CN1CCN(c2ccc([N+](=O)[O-])cc2I)C(CN)C1. The first-order valence-electron chi connectivity index (χ1n) is 6.12. The number of hydrogen-bond acceptors (Lipinski definition) is 5. The molecule has 1 atom stereocenters. The van der Waals surface area contributed by atoms with Gasteiger partial charge < -0.3 is 15.5 Å². The third kappa shape index (κ3) is 3.15. The Balaban J connectivity index is 2.28. The standard InChI is InChI=1S/C12H17IN4O2/c1-15-4-5-16(10(7-14)8-15)12-3-2-9(17(18)19)6-11(12)13/h2-3,6,10H,4-5,7-8,14H2,1H3. The van der Waals surface area contributed by atoms with E-state index in [-0.39, 0.29) is 16.7 Å². The van der Waals surface area contributed by atoms with Gasteiger partial charge in [-0.3, -0.25) is 10.1 Å². The van der Waals surface area contributed by atoms with E-state index in [1.807, 2.05) is 6.07 Å². The lowest BCUT2D eigenvalue weighted by Crippen LogP contribution is -2.55. The summed E-state index contributed by atoms with van der Waals surface area (Å²) in [5.41, 5.74) is 7.01. The second-order valence-electron chi connectivity index (χ2n) is 4.74. The Labute approximate surface area is 125 Å². The van der Waals surface area contributed by atoms with Gasteiger partial charge >= 0.3 is 0 Å². The number of rotatable bonds is 3. The van der Waals surface area contributed by atoms with Gasteiger partial charge in [0, 0.05) is 41.9 Å². The minimum absolute atomic E-state index is 0.131. The first kappa shape index (κ1) is 14.5. The van der Waals surface area contributed by atoms with Crippen LogP contribution < -0.4 is 10.6 Å². The average molecular weight is 376 g/mol. The van der Waals surface area contributed by atoms with E-state index in [1.54, 1.807) is 12.1 Å². The number of nitrogens with zero attached hydrogens (tertiary/aromatic N) is 3. The lowest BCUT2D eigenvalue weighted by Gasteiger charge is -2.41. The Morgan fingerprint density at radius 2 is 2.26 bits per heavy atom. The minimum Gasteiger partial charge on any atom is -0.364 e. The summed E-state index contributed by atoms with van der Waals surface area (Å²) in [6.07, 6.45) is 0. The van der Waals surface area contributed by atoms with Crippen LogP contribution in [0.4, 0.5) is 11.4 Å². The van der Waals surface area contributed by atoms with Crippen molar-refractivity contribution in [2.75, 3.05) is 38.1 Å². The van der Waals surface area contributed by atoms with Crippen molar-refractivity contribution in [2.24, 2.45) is 5.73 Å². The molecule has 7 heteroatoms. The third-order valence-corrected chi connectivity index (χ3v) is 4.27. The van der Waals surface area contributed by atoms with Crippen LogP contribution in [-0.2, 0) is 0 Å². The Bertz CT molecular complexity index is 483. The van der Waals surface area contributed by atoms with Gasteiger partial charge in [-0.1, -0.05) is 0 Å². The zero-order valence-corrected chi connectivity index (χ0v) is 12.9. The molecule has 1 aromatic carbocycles. The lowest BCUT2D eigenvalue weighted by molar-refractivity contribution is -0.384. The van der Waals surface area contributed by atoms with Crippen molar-refractivity contribution in [3.63, 3.8) is 0 Å². The summed E-state index contributed by atoms with van der Waals surface area (Å²) in [5.74, 6) is 0. The summed E-state index contributed by atoms with van der Waals surface area (Å²) in [6.45, 7) is 3.37. The van der Waals surface area contributed by atoms with Gasteiger partial charge in [-0.05, 0) is 35.7 Å². The van der Waals surface area contributed by atoms with Gasteiger partial charge in [0.05, 0.1) is 16.7 Å². The fourth-order valence-corrected chi connectivity index (χ4v) is 3.18. The van der Waals surface area contributed by atoms with Gasteiger partial charge in [-0.15, -0.1) is 0 Å². The molecule has 19 heavy (non-hydrogen) atoms. The van der Waals surface area contributed by atoms with E-state index in [0.717, 1.165) is 28.9 Å². The molecule has 6 nitrogen and oxygen atoms in total. The van der Waals surface area contributed by atoms with Crippen molar-refractivity contribution in [1.82, 2.24) is 4.90 Å². The molecule has 0 aromatic heterocycles. The van der Waals surface area contributed by atoms with Gasteiger partial charge in [0.2, 0.25) is 0 Å². The number of hydrogen-bond donors (Lipinski definition) is 1. The van der Waals surface area contributed by atoms with Crippen LogP contribution >= 0.6 is 22.6 Å². The van der Waals surface area contributed by atoms with Gasteiger partial charge in [0.25, 0.3) is 5.69 Å². The monoisotopic (exact) mass is 376 g/mol. The summed E-state index contributed by atoms with van der Waals surface area (Å²) in [6, 6.07) is 5.26. The van der Waals surface area contributed by atoms with Crippen LogP contribution in [0.3, 0.4) is 0 Å². The molecular formula is C12H17IN4O2. The maximum Gasteiger partial charge on any atom is 0.270 e. The third-order valence-electron chi connectivity index (χ3n) is 3.41. The minimum atomic E-state index is -0.365. The van der Waals surface area contributed by atoms with Crippen molar-refractivity contribution in [2.45, 2.75) is 6.04 Å². The topological polar surface area (TPSA) is 75.6 Å². The number of anilines is 1. The van der Waals surface area contributed by atoms with Crippen molar-refractivity contribution in [1.29, 1.82) is 0 Å². The molecule has 1 saturated heterocycles. The average Bonchev–Trinajstić information content (AvgIpc) is 2.38. The number of halogens is 1. The molecule has 1 heterocycles. The highest BCUT2D eigenvalue weighted by atomic mass is 127. The predicted molar refractivity (Wildman–Crippen MR) is 83.5 cm³/mol. The van der Waals surface area contributed by atoms with Gasteiger partial charge in [-0.25, -0.2) is 0 Å². The van der Waals surface area contributed by atoms with Crippen molar-refractivity contribution in [3.8, 4) is 0 Å². The van der Waals surface area contributed by atoms with Crippen molar-refractivity contribution >= 4 is 34.0 Å². The maximum absolute atomic E-state index is 10.8. The fourth-order valence-electron chi connectivity index (χ4n) is 2.37. The quantitative estimate of drug-likeness (QED) is 0.489. The first-order chi connectivity index (χ1) is 9.02. The summed E-state index contributed by atoms with van der Waals surface area (Å²) in [7, 11) is 2.08. The molecule has 0 saturated carbocycles. The van der Waals surface area contributed by atoms with E-state index in [0.29, 0.717) is 6.54 Å².